The van der Waals surface area contributed by atoms with Crippen molar-refractivity contribution in [2.75, 3.05) is 10.6 Å². The van der Waals surface area contributed by atoms with Gasteiger partial charge < -0.3 is 10.6 Å². The monoisotopic (exact) mass is 340 g/mol. The fourth-order valence-electron chi connectivity index (χ4n) is 2.08. The van der Waals surface area contributed by atoms with Crippen molar-refractivity contribution in [1.82, 2.24) is 0 Å². The van der Waals surface area contributed by atoms with Crippen LogP contribution < -0.4 is 10.6 Å². The molecule has 0 aliphatic rings. The number of nitrogens with one attached hydrogen (secondary N) is 2. The molecule has 0 spiro atoms. The predicted molar refractivity (Wildman–Crippen MR) is 93.1 cm³/mol. The second-order valence-electron chi connectivity index (χ2n) is 4.97. The summed E-state index contributed by atoms with van der Waals surface area (Å²) in [6.07, 6.45) is 0. The van der Waals surface area contributed by atoms with Gasteiger partial charge in [-0.1, -0.05) is 12.1 Å². The molecule has 3 rings (SSSR count). The van der Waals surface area contributed by atoms with Gasteiger partial charge in [0.2, 0.25) is 0 Å². The van der Waals surface area contributed by atoms with E-state index >= 15 is 0 Å². The van der Waals surface area contributed by atoms with Crippen molar-refractivity contribution in [1.29, 1.82) is 0 Å². The van der Waals surface area contributed by atoms with E-state index in [2.05, 4.69) is 10.6 Å². The summed E-state index contributed by atoms with van der Waals surface area (Å²) in [6.45, 7) is 0. The third-order valence-corrected chi connectivity index (χ3v) is 4.10. The van der Waals surface area contributed by atoms with Crippen LogP contribution in [0.15, 0.2) is 66.0 Å². The maximum atomic E-state index is 12.9. The molecular formula is C18H13FN2O2S. The molecule has 0 bridgehead atoms. The number of anilines is 2. The number of hydrogen-bond donors (Lipinski definition) is 2. The Hall–Kier alpha value is -2.99. The van der Waals surface area contributed by atoms with E-state index < -0.39 is 0 Å². The van der Waals surface area contributed by atoms with E-state index in [4.69, 9.17) is 0 Å². The number of amides is 2. The molecule has 1 heterocycles. The summed E-state index contributed by atoms with van der Waals surface area (Å²) in [6, 6.07) is 15.6. The zero-order valence-electron chi connectivity index (χ0n) is 12.5. The van der Waals surface area contributed by atoms with Gasteiger partial charge in [-0.3, -0.25) is 9.59 Å². The van der Waals surface area contributed by atoms with E-state index in [1.54, 1.807) is 36.4 Å². The minimum absolute atomic E-state index is 0.221. The summed E-state index contributed by atoms with van der Waals surface area (Å²) < 4.78 is 12.9. The van der Waals surface area contributed by atoms with Crippen molar-refractivity contribution in [3.63, 3.8) is 0 Å². The highest BCUT2D eigenvalue weighted by molar-refractivity contribution is 7.12. The Balaban J connectivity index is 1.71. The Morgan fingerprint density at radius 1 is 0.833 bits per heavy atom. The Morgan fingerprint density at radius 2 is 1.58 bits per heavy atom. The fraction of sp³-hybridized carbons (Fsp3) is 0. The molecule has 120 valence electrons. The molecule has 0 saturated heterocycles. The van der Waals surface area contributed by atoms with Gasteiger partial charge in [0.15, 0.2) is 0 Å². The van der Waals surface area contributed by atoms with E-state index in [0.717, 1.165) is 0 Å². The molecule has 1 aromatic heterocycles. The molecular weight excluding hydrogens is 327 g/mol. The van der Waals surface area contributed by atoms with Crippen LogP contribution in [0.1, 0.15) is 20.0 Å². The first kappa shape index (κ1) is 15.9. The minimum Gasteiger partial charge on any atom is -0.322 e. The highest BCUT2D eigenvalue weighted by Gasteiger charge is 2.10. The average Bonchev–Trinajstić information content (AvgIpc) is 3.12. The van der Waals surface area contributed by atoms with Crippen LogP contribution in [0.5, 0.6) is 0 Å². The second-order valence-corrected chi connectivity index (χ2v) is 5.92. The lowest BCUT2D eigenvalue weighted by atomic mass is 10.1. The molecule has 0 saturated carbocycles. The first-order valence-corrected chi connectivity index (χ1v) is 8.01. The van der Waals surface area contributed by atoms with Crippen molar-refractivity contribution >= 4 is 34.5 Å². The largest absolute Gasteiger partial charge is 0.322 e. The maximum Gasteiger partial charge on any atom is 0.265 e. The summed E-state index contributed by atoms with van der Waals surface area (Å²) in [4.78, 5) is 24.9. The van der Waals surface area contributed by atoms with Crippen molar-refractivity contribution in [3.8, 4) is 0 Å². The summed E-state index contributed by atoms with van der Waals surface area (Å²) in [5.74, 6) is -0.929. The lowest BCUT2D eigenvalue weighted by Gasteiger charge is -2.08. The lowest BCUT2D eigenvalue weighted by Crippen LogP contribution is -2.14. The first-order chi connectivity index (χ1) is 11.6. The van der Waals surface area contributed by atoms with Gasteiger partial charge in [-0.15, -0.1) is 11.3 Å². The SMILES string of the molecule is O=C(Nc1ccc(F)cc1)c1cccc(NC(=O)c2cccs2)c1. The molecule has 0 radical (unpaired) electrons. The standard InChI is InChI=1S/C18H13FN2O2S/c19-13-6-8-14(9-7-13)20-17(22)12-3-1-4-15(11-12)21-18(23)16-5-2-10-24-16/h1-11H,(H,20,22)(H,21,23). The maximum absolute atomic E-state index is 12.9. The van der Waals surface area contributed by atoms with Crippen molar-refractivity contribution in [3.05, 3.63) is 82.3 Å². The van der Waals surface area contributed by atoms with Crippen LogP contribution in [-0.2, 0) is 0 Å². The van der Waals surface area contributed by atoms with Crippen molar-refractivity contribution < 1.29 is 14.0 Å². The third kappa shape index (κ3) is 3.85. The van der Waals surface area contributed by atoms with Gasteiger partial charge >= 0.3 is 0 Å². The van der Waals surface area contributed by atoms with Gasteiger partial charge in [-0.25, -0.2) is 4.39 Å². The molecule has 2 amide bonds. The number of halogens is 1. The van der Waals surface area contributed by atoms with Gasteiger partial charge in [0.25, 0.3) is 11.8 Å². The number of carbonyl (C=O) groups is 2. The zero-order chi connectivity index (χ0) is 16.9. The number of hydrogen-bond acceptors (Lipinski definition) is 3. The molecule has 0 fully saturated rings. The first-order valence-electron chi connectivity index (χ1n) is 7.14. The molecule has 4 nitrogen and oxygen atoms in total. The van der Waals surface area contributed by atoms with E-state index in [-0.39, 0.29) is 17.6 Å². The summed E-state index contributed by atoms with van der Waals surface area (Å²) in [7, 11) is 0. The average molecular weight is 340 g/mol. The van der Waals surface area contributed by atoms with Gasteiger partial charge in [0.05, 0.1) is 4.88 Å². The van der Waals surface area contributed by atoms with Crippen LogP contribution >= 0.6 is 11.3 Å². The molecule has 0 aliphatic carbocycles. The van der Waals surface area contributed by atoms with Crippen LogP contribution in [0.25, 0.3) is 0 Å². The molecule has 0 aliphatic heterocycles. The highest BCUT2D eigenvalue weighted by atomic mass is 32.1. The van der Waals surface area contributed by atoms with Gasteiger partial charge in [-0.05, 0) is 53.9 Å². The normalized spacial score (nSPS) is 10.2. The van der Waals surface area contributed by atoms with Crippen LogP contribution in [0.4, 0.5) is 15.8 Å². The van der Waals surface area contributed by atoms with E-state index in [1.165, 1.54) is 35.6 Å². The highest BCUT2D eigenvalue weighted by Crippen LogP contribution is 2.16. The predicted octanol–water partition coefficient (Wildman–Crippen LogP) is 4.39. The van der Waals surface area contributed by atoms with Crippen molar-refractivity contribution in [2.45, 2.75) is 0 Å². The van der Waals surface area contributed by atoms with Crippen LogP contribution in [0.3, 0.4) is 0 Å². The Morgan fingerprint density at radius 3 is 2.29 bits per heavy atom. The van der Waals surface area contributed by atoms with Crippen LogP contribution in [0.2, 0.25) is 0 Å². The second kappa shape index (κ2) is 7.06. The Kier molecular flexibility index (Phi) is 4.67. The van der Waals surface area contributed by atoms with Crippen molar-refractivity contribution in [2.24, 2.45) is 0 Å². The molecule has 3 aromatic rings. The third-order valence-electron chi connectivity index (χ3n) is 3.23. The lowest BCUT2D eigenvalue weighted by molar-refractivity contribution is 0.101. The van der Waals surface area contributed by atoms with Gasteiger partial charge in [-0.2, -0.15) is 0 Å². The number of carbonyl (C=O) groups excluding carboxylic acids is 2. The Labute approximate surface area is 142 Å². The van der Waals surface area contributed by atoms with Gasteiger partial charge in [0.1, 0.15) is 5.82 Å². The molecule has 24 heavy (non-hydrogen) atoms. The Bertz CT molecular complexity index is 861. The molecule has 6 heteroatoms. The van der Waals surface area contributed by atoms with E-state index in [0.29, 0.717) is 21.8 Å². The molecule has 0 atom stereocenters. The molecule has 2 N–H and O–H groups in total. The number of thiophene rings is 1. The quantitative estimate of drug-likeness (QED) is 0.740. The summed E-state index contributed by atoms with van der Waals surface area (Å²) in [5, 5.41) is 7.25. The smallest absolute Gasteiger partial charge is 0.265 e. The minimum atomic E-state index is -0.369. The van der Waals surface area contributed by atoms with E-state index in [9.17, 15) is 14.0 Å². The van der Waals surface area contributed by atoms with Crippen LogP contribution in [-0.4, -0.2) is 11.8 Å². The topological polar surface area (TPSA) is 58.2 Å². The van der Waals surface area contributed by atoms with E-state index in [1.807, 2.05) is 5.38 Å². The molecule has 2 aromatic carbocycles. The summed E-state index contributed by atoms with van der Waals surface area (Å²) >= 11 is 1.34. The molecule has 0 unspecified atom stereocenters. The number of rotatable bonds is 4. The zero-order valence-corrected chi connectivity index (χ0v) is 13.3. The van der Waals surface area contributed by atoms with Crippen LogP contribution in [0, 0.1) is 5.82 Å². The number of benzene rings is 2. The van der Waals surface area contributed by atoms with Gasteiger partial charge in [0, 0.05) is 16.9 Å². The fourth-order valence-corrected chi connectivity index (χ4v) is 2.69. The summed E-state index contributed by atoms with van der Waals surface area (Å²) in [5.41, 5.74) is 1.41.